The SMILES string of the molecule is CO/N=C(/C(C)=NO)c1ccc(OCc2cccc(C(F)(F)F)c2)cc1. The molecule has 0 unspecified atom stereocenters. The maximum Gasteiger partial charge on any atom is 0.416 e. The molecule has 2 aromatic carbocycles. The zero-order chi connectivity index (χ0) is 19.2. The molecule has 0 fully saturated rings. The topological polar surface area (TPSA) is 63.4 Å². The molecule has 2 rings (SSSR count). The zero-order valence-electron chi connectivity index (χ0n) is 14.1. The van der Waals surface area contributed by atoms with Gasteiger partial charge in [0.2, 0.25) is 0 Å². The molecule has 0 spiro atoms. The predicted molar refractivity (Wildman–Crippen MR) is 90.7 cm³/mol. The summed E-state index contributed by atoms with van der Waals surface area (Å²) in [6.45, 7) is 1.56. The van der Waals surface area contributed by atoms with Crippen molar-refractivity contribution in [1.29, 1.82) is 0 Å². The third-order valence-electron chi connectivity index (χ3n) is 3.46. The summed E-state index contributed by atoms with van der Waals surface area (Å²) in [4.78, 5) is 4.73. The lowest BCUT2D eigenvalue weighted by atomic mass is 10.1. The van der Waals surface area contributed by atoms with Crippen LogP contribution < -0.4 is 4.74 Å². The van der Waals surface area contributed by atoms with Gasteiger partial charge in [-0.15, -0.1) is 0 Å². The van der Waals surface area contributed by atoms with Crippen LogP contribution in [0.5, 0.6) is 5.75 Å². The van der Waals surface area contributed by atoms with E-state index >= 15 is 0 Å². The molecule has 0 saturated carbocycles. The summed E-state index contributed by atoms with van der Waals surface area (Å²) in [5, 5.41) is 15.8. The minimum atomic E-state index is -4.39. The van der Waals surface area contributed by atoms with Crippen molar-refractivity contribution >= 4 is 11.4 Å². The number of hydrogen-bond acceptors (Lipinski definition) is 5. The van der Waals surface area contributed by atoms with Crippen LogP contribution in [0.1, 0.15) is 23.6 Å². The van der Waals surface area contributed by atoms with Gasteiger partial charge in [-0.2, -0.15) is 13.2 Å². The maximum absolute atomic E-state index is 12.7. The number of halogens is 3. The Morgan fingerprint density at radius 2 is 1.81 bits per heavy atom. The number of oxime groups is 2. The van der Waals surface area contributed by atoms with Crippen LogP contribution >= 0.6 is 0 Å². The van der Waals surface area contributed by atoms with Gasteiger partial charge in [-0.05, 0) is 48.9 Å². The smallest absolute Gasteiger partial charge is 0.416 e. The second-order valence-electron chi connectivity index (χ2n) is 5.32. The molecular formula is C18H17F3N2O3. The molecule has 1 N–H and O–H groups in total. The second-order valence-corrected chi connectivity index (χ2v) is 5.32. The lowest BCUT2D eigenvalue weighted by molar-refractivity contribution is -0.137. The normalized spacial score (nSPS) is 12.8. The van der Waals surface area contributed by atoms with Crippen molar-refractivity contribution in [2.24, 2.45) is 10.3 Å². The number of hydrogen-bond donors (Lipinski definition) is 1. The van der Waals surface area contributed by atoms with E-state index in [-0.39, 0.29) is 12.3 Å². The molecule has 2 aromatic rings. The van der Waals surface area contributed by atoms with Crippen LogP contribution in [0.4, 0.5) is 13.2 Å². The van der Waals surface area contributed by atoms with Gasteiger partial charge in [-0.25, -0.2) is 0 Å². The summed E-state index contributed by atoms with van der Waals surface area (Å²) < 4.78 is 43.7. The molecule has 8 heteroatoms. The molecule has 0 atom stereocenters. The van der Waals surface area contributed by atoms with Crippen molar-refractivity contribution in [3.63, 3.8) is 0 Å². The van der Waals surface area contributed by atoms with E-state index in [4.69, 9.17) is 14.8 Å². The zero-order valence-corrected chi connectivity index (χ0v) is 14.1. The van der Waals surface area contributed by atoms with E-state index in [0.717, 1.165) is 12.1 Å². The average Bonchev–Trinajstić information content (AvgIpc) is 2.64. The Morgan fingerprint density at radius 1 is 1.12 bits per heavy atom. The fourth-order valence-corrected chi connectivity index (χ4v) is 2.18. The molecule has 5 nitrogen and oxygen atoms in total. The van der Waals surface area contributed by atoms with Gasteiger partial charge in [0.25, 0.3) is 0 Å². The second kappa shape index (κ2) is 8.37. The Labute approximate surface area is 148 Å². The highest BCUT2D eigenvalue weighted by molar-refractivity contribution is 6.47. The standard InChI is InChI=1S/C18H17F3N2O3/c1-12(22-24)17(23-25-2)14-6-8-16(9-7-14)26-11-13-4-3-5-15(10-13)18(19,20)21/h3-10,24H,11H2,1-2H3/b22-12?,23-17-. The summed E-state index contributed by atoms with van der Waals surface area (Å²) in [5.41, 5.74) is 0.944. The van der Waals surface area contributed by atoms with Crippen LogP contribution in [0.15, 0.2) is 58.8 Å². The van der Waals surface area contributed by atoms with E-state index in [1.807, 2.05) is 0 Å². The molecule has 0 aliphatic rings. The third kappa shape index (κ3) is 4.98. The van der Waals surface area contributed by atoms with Gasteiger partial charge in [0.15, 0.2) is 0 Å². The van der Waals surface area contributed by atoms with Crippen LogP contribution in [-0.2, 0) is 17.6 Å². The summed E-state index contributed by atoms with van der Waals surface area (Å²) in [5.74, 6) is 0.474. The Morgan fingerprint density at radius 3 is 2.38 bits per heavy atom. The van der Waals surface area contributed by atoms with Gasteiger partial charge < -0.3 is 14.8 Å². The van der Waals surface area contributed by atoms with Gasteiger partial charge in [-0.3, -0.25) is 0 Å². The molecule has 0 radical (unpaired) electrons. The van der Waals surface area contributed by atoms with Crippen molar-refractivity contribution in [3.8, 4) is 5.75 Å². The summed E-state index contributed by atoms with van der Waals surface area (Å²) >= 11 is 0. The Bertz CT molecular complexity index is 800. The number of ether oxygens (including phenoxy) is 1. The molecule has 138 valence electrons. The van der Waals surface area contributed by atoms with E-state index in [1.165, 1.54) is 13.2 Å². The monoisotopic (exact) mass is 366 g/mol. The first-order valence-corrected chi connectivity index (χ1v) is 7.54. The lowest BCUT2D eigenvalue weighted by Crippen LogP contribution is -2.12. The van der Waals surface area contributed by atoms with Gasteiger partial charge >= 0.3 is 6.18 Å². The highest BCUT2D eigenvalue weighted by atomic mass is 19.4. The summed E-state index contributed by atoms with van der Waals surface area (Å²) in [6, 6.07) is 11.6. The van der Waals surface area contributed by atoms with Gasteiger partial charge in [0.05, 0.1) is 5.56 Å². The molecule has 0 aliphatic carbocycles. The number of nitrogens with zero attached hydrogens (tertiary/aromatic N) is 2. The Kier molecular flexibility index (Phi) is 6.21. The van der Waals surface area contributed by atoms with Gasteiger partial charge in [0, 0.05) is 5.56 Å². The largest absolute Gasteiger partial charge is 0.489 e. The minimum absolute atomic E-state index is 0.000585. The average molecular weight is 366 g/mol. The first kappa shape index (κ1) is 19.3. The van der Waals surface area contributed by atoms with E-state index in [0.29, 0.717) is 22.6 Å². The van der Waals surface area contributed by atoms with Crippen molar-refractivity contribution in [2.75, 3.05) is 7.11 Å². The molecular weight excluding hydrogens is 349 g/mol. The predicted octanol–water partition coefficient (Wildman–Crippen LogP) is 4.49. The third-order valence-corrected chi connectivity index (χ3v) is 3.46. The van der Waals surface area contributed by atoms with Crippen LogP contribution in [0.25, 0.3) is 0 Å². The first-order chi connectivity index (χ1) is 12.3. The van der Waals surface area contributed by atoms with Crippen molar-refractivity contribution in [1.82, 2.24) is 0 Å². The molecule has 0 saturated heterocycles. The van der Waals surface area contributed by atoms with Crippen LogP contribution in [0.2, 0.25) is 0 Å². The first-order valence-electron chi connectivity index (χ1n) is 7.54. The number of rotatable bonds is 6. The van der Waals surface area contributed by atoms with E-state index < -0.39 is 11.7 Å². The summed E-state index contributed by atoms with van der Waals surface area (Å²) in [6.07, 6.45) is -4.39. The lowest BCUT2D eigenvalue weighted by Gasteiger charge is -2.10. The Hall–Kier alpha value is -3.03. The van der Waals surface area contributed by atoms with Crippen molar-refractivity contribution < 1.29 is 28.0 Å². The van der Waals surface area contributed by atoms with Gasteiger partial charge in [0.1, 0.15) is 30.9 Å². The molecule has 0 aromatic heterocycles. The maximum atomic E-state index is 12.7. The van der Waals surface area contributed by atoms with Crippen molar-refractivity contribution in [2.45, 2.75) is 19.7 Å². The summed E-state index contributed by atoms with van der Waals surface area (Å²) in [7, 11) is 1.37. The highest BCUT2D eigenvalue weighted by Gasteiger charge is 2.30. The molecule has 26 heavy (non-hydrogen) atoms. The quantitative estimate of drug-likeness (QED) is 0.466. The molecule has 0 bridgehead atoms. The number of alkyl halides is 3. The molecule has 0 aliphatic heterocycles. The van der Waals surface area contributed by atoms with Crippen LogP contribution in [0, 0.1) is 0 Å². The van der Waals surface area contributed by atoms with Crippen LogP contribution in [-0.4, -0.2) is 23.7 Å². The van der Waals surface area contributed by atoms with Crippen LogP contribution in [0.3, 0.4) is 0 Å². The van der Waals surface area contributed by atoms with E-state index in [1.54, 1.807) is 37.3 Å². The molecule has 0 amide bonds. The van der Waals surface area contributed by atoms with E-state index in [2.05, 4.69) is 10.3 Å². The van der Waals surface area contributed by atoms with Gasteiger partial charge in [-0.1, -0.05) is 22.4 Å². The minimum Gasteiger partial charge on any atom is -0.489 e. The fourth-order valence-electron chi connectivity index (χ4n) is 2.18. The number of benzene rings is 2. The fraction of sp³-hybridized carbons (Fsp3) is 0.222. The van der Waals surface area contributed by atoms with E-state index in [9.17, 15) is 13.2 Å². The highest BCUT2D eigenvalue weighted by Crippen LogP contribution is 2.29. The Balaban J connectivity index is 2.09. The van der Waals surface area contributed by atoms with Crippen molar-refractivity contribution in [3.05, 3.63) is 65.2 Å². The molecule has 0 heterocycles.